The lowest BCUT2D eigenvalue weighted by atomic mass is 10.1. The minimum absolute atomic E-state index is 0.286. The van der Waals surface area contributed by atoms with Gasteiger partial charge in [-0.1, -0.05) is 25.3 Å². The number of rotatable bonds is 5. The summed E-state index contributed by atoms with van der Waals surface area (Å²) in [6, 6.07) is 0. The van der Waals surface area contributed by atoms with Crippen molar-refractivity contribution in [3.8, 4) is 0 Å². The average molecular weight is 194 g/mol. The van der Waals surface area contributed by atoms with E-state index in [9.17, 15) is 4.39 Å². The molecule has 0 heterocycles. The lowest BCUT2D eigenvalue weighted by molar-refractivity contribution is 0.659. The number of hydrogen-bond acceptors (Lipinski definition) is 2. The van der Waals surface area contributed by atoms with E-state index in [2.05, 4.69) is 18.5 Å². The van der Waals surface area contributed by atoms with E-state index in [4.69, 9.17) is 5.73 Å². The Morgan fingerprint density at radius 3 is 2.50 bits per heavy atom. The molecule has 0 bridgehead atoms. The molecule has 3 N–H and O–H groups in total. The maximum Gasteiger partial charge on any atom is 0.131 e. The van der Waals surface area contributed by atoms with Gasteiger partial charge in [0.2, 0.25) is 0 Å². The van der Waals surface area contributed by atoms with Gasteiger partial charge in [-0.05, 0) is 12.2 Å². The first-order valence-corrected chi connectivity index (χ1v) is 4.12. The van der Waals surface area contributed by atoms with Crippen molar-refractivity contribution in [2.75, 3.05) is 7.05 Å². The van der Waals surface area contributed by atoms with Crippen LogP contribution < -0.4 is 11.1 Å². The van der Waals surface area contributed by atoms with Crippen LogP contribution >= 0.6 is 0 Å². The number of nitrogens with one attached hydrogen (secondary N) is 1. The molecule has 2 nitrogen and oxygen atoms in total. The molecule has 0 amide bonds. The van der Waals surface area contributed by atoms with E-state index < -0.39 is 5.83 Å². The number of hydrogen-bond donors (Lipinski definition) is 2. The first kappa shape index (κ1) is 12.2. The summed E-state index contributed by atoms with van der Waals surface area (Å²) in [4.78, 5) is 0. The molecule has 0 aromatic rings. The fourth-order valence-corrected chi connectivity index (χ4v) is 0.821. The molecule has 0 fully saturated rings. The Morgan fingerprint density at radius 1 is 1.43 bits per heavy atom. The molecule has 14 heavy (non-hydrogen) atoms. The van der Waals surface area contributed by atoms with Crippen LogP contribution in [0.15, 0.2) is 60.8 Å². The summed E-state index contributed by atoms with van der Waals surface area (Å²) in [7, 11) is 1.69. The molecule has 3 heteroatoms. The fourth-order valence-electron chi connectivity index (χ4n) is 0.821. The van der Waals surface area contributed by atoms with E-state index >= 15 is 0 Å². The monoisotopic (exact) mass is 194 g/mol. The highest BCUT2D eigenvalue weighted by molar-refractivity contribution is 5.43. The quantitative estimate of drug-likeness (QED) is 0.658. The molecule has 0 aliphatic heterocycles. The molecular weight excluding hydrogens is 179 g/mol. The maximum atomic E-state index is 13.2. The van der Waals surface area contributed by atoms with Gasteiger partial charge in [0.25, 0.3) is 0 Å². The SMILES string of the molecule is C=C\C=C/C(C(/N)=C/NC)=C(/F)C=C. The predicted molar refractivity (Wildman–Crippen MR) is 59.0 cm³/mol. The maximum absolute atomic E-state index is 13.2. The van der Waals surface area contributed by atoms with Crippen LogP contribution in [-0.4, -0.2) is 7.05 Å². The Morgan fingerprint density at radius 2 is 2.07 bits per heavy atom. The van der Waals surface area contributed by atoms with Crippen molar-refractivity contribution in [3.05, 3.63) is 60.8 Å². The second-order valence-electron chi connectivity index (χ2n) is 2.45. The van der Waals surface area contributed by atoms with Crippen molar-refractivity contribution in [2.45, 2.75) is 0 Å². The number of allylic oxidation sites excluding steroid dienone is 5. The first-order valence-electron chi connectivity index (χ1n) is 4.12. The summed E-state index contributed by atoms with van der Waals surface area (Å²) >= 11 is 0. The average Bonchev–Trinajstić information content (AvgIpc) is 2.18. The van der Waals surface area contributed by atoms with E-state index in [1.807, 2.05) is 0 Å². The highest BCUT2D eigenvalue weighted by Crippen LogP contribution is 2.14. The topological polar surface area (TPSA) is 38.0 Å². The third-order valence-corrected chi connectivity index (χ3v) is 1.45. The van der Waals surface area contributed by atoms with Crippen molar-refractivity contribution in [2.24, 2.45) is 5.73 Å². The van der Waals surface area contributed by atoms with Crippen molar-refractivity contribution >= 4 is 0 Å². The number of halogens is 1. The zero-order valence-electron chi connectivity index (χ0n) is 8.26. The third-order valence-electron chi connectivity index (χ3n) is 1.45. The van der Waals surface area contributed by atoms with Gasteiger partial charge in [0.05, 0.1) is 5.70 Å². The molecule has 0 unspecified atom stereocenters. The molecule has 0 aliphatic carbocycles. The van der Waals surface area contributed by atoms with E-state index in [1.54, 1.807) is 19.2 Å². The summed E-state index contributed by atoms with van der Waals surface area (Å²) in [6.45, 7) is 6.83. The van der Waals surface area contributed by atoms with Gasteiger partial charge in [-0.25, -0.2) is 4.39 Å². The molecule has 0 aliphatic rings. The van der Waals surface area contributed by atoms with Gasteiger partial charge in [-0.2, -0.15) is 0 Å². The van der Waals surface area contributed by atoms with Crippen molar-refractivity contribution in [1.29, 1.82) is 0 Å². The van der Waals surface area contributed by atoms with Gasteiger partial charge in [0.1, 0.15) is 5.83 Å². The Hall–Kier alpha value is -1.77. The van der Waals surface area contributed by atoms with Crippen LogP contribution in [0.4, 0.5) is 4.39 Å². The normalized spacial score (nSPS) is 13.7. The van der Waals surface area contributed by atoms with Crippen LogP contribution in [0.3, 0.4) is 0 Å². The van der Waals surface area contributed by atoms with E-state index in [1.165, 1.54) is 12.3 Å². The second-order valence-corrected chi connectivity index (χ2v) is 2.45. The minimum atomic E-state index is -0.466. The molecule has 0 atom stereocenters. The van der Waals surface area contributed by atoms with E-state index in [-0.39, 0.29) is 5.57 Å². The number of nitrogens with two attached hydrogens (primary N) is 1. The van der Waals surface area contributed by atoms with Gasteiger partial charge in [-0.15, -0.1) is 0 Å². The largest absolute Gasteiger partial charge is 0.397 e. The van der Waals surface area contributed by atoms with Crippen LogP contribution in [0.25, 0.3) is 0 Å². The lowest BCUT2D eigenvalue weighted by Gasteiger charge is -2.03. The minimum Gasteiger partial charge on any atom is -0.397 e. The molecule has 0 aromatic carbocycles. The van der Waals surface area contributed by atoms with Gasteiger partial charge in [0.15, 0.2) is 0 Å². The Kier molecular flexibility index (Phi) is 5.87. The van der Waals surface area contributed by atoms with Crippen LogP contribution in [0.2, 0.25) is 0 Å². The summed E-state index contributed by atoms with van der Waals surface area (Å²) in [5, 5.41) is 2.72. The molecule has 0 saturated carbocycles. The third kappa shape index (κ3) is 3.76. The first-order chi connectivity index (χ1) is 6.67. The van der Waals surface area contributed by atoms with Crippen molar-refractivity contribution in [3.63, 3.8) is 0 Å². The van der Waals surface area contributed by atoms with Crippen LogP contribution in [-0.2, 0) is 0 Å². The lowest BCUT2D eigenvalue weighted by Crippen LogP contribution is -2.06. The van der Waals surface area contributed by atoms with Crippen molar-refractivity contribution < 1.29 is 4.39 Å². The molecule has 0 radical (unpaired) electrons. The van der Waals surface area contributed by atoms with Gasteiger partial charge >= 0.3 is 0 Å². The standard InChI is InChI=1S/C11H15FN2/c1-4-6-7-9(10(12)5-2)11(13)8-14-3/h4-8,14H,1-2,13H2,3H3/b7-6-,10-9-,11-8-. The highest BCUT2D eigenvalue weighted by atomic mass is 19.1. The van der Waals surface area contributed by atoms with E-state index in [0.717, 1.165) is 6.08 Å². The molecule has 0 aromatic heterocycles. The highest BCUT2D eigenvalue weighted by Gasteiger charge is 2.02. The van der Waals surface area contributed by atoms with Gasteiger partial charge < -0.3 is 11.1 Å². The summed E-state index contributed by atoms with van der Waals surface area (Å²) in [5.74, 6) is -0.466. The zero-order chi connectivity index (χ0) is 11.0. The van der Waals surface area contributed by atoms with Crippen LogP contribution in [0, 0.1) is 0 Å². The molecule has 0 spiro atoms. The van der Waals surface area contributed by atoms with E-state index in [0.29, 0.717) is 5.70 Å². The molecule has 76 valence electrons. The molecule has 0 saturated heterocycles. The fraction of sp³-hybridized carbons (Fsp3) is 0.0909. The van der Waals surface area contributed by atoms with Gasteiger partial charge in [-0.3, -0.25) is 0 Å². The van der Waals surface area contributed by atoms with Gasteiger partial charge in [0, 0.05) is 18.8 Å². The Bertz CT molecular complexity index is 298. The summed E-state index contributed by atoms with van der Waals surface area (Å²) in [6.07, 6.45) is 7.30. The zero-order valence-corrected chi connectivity index (χ0v) is 8.26. The molecular formula is C11H15FN2. The van der Waals surface area contributed by atoms with Crippen LogP contribution in [0.5, 0.6) is 0 Å². The predicted octanol–water partition coefficient (Wildman–Crippen LogP) is 2.16. The summed E-state index contributed by atoms with van der Waals surface area (Å²) < 4.78 is 13.2. The molecule has 0 rings (SSSR count). The smallest absolute Gasteiger partial charge is 0.131 e. The Labute approximate surface area is 84.0 Å². The summed E-state index contributed by atoms with van der Waals surface area (Å²) in [5.41, 5.74) is 6.21. The Balaban J connectivity index is 5.11. The second kappa shape index (κ2) is 6.71. The van der Waals surface area contributed by atoms with Crippen LogP contribution in [0.1, 0.15) is 0 Å². The van der Waals surface area contributed by atoms with Crippen molar-refractivity contribution in [1.82, 2.24) is 5.32 Å².